The lowest BCUT2D eigenvalue weighted by Crippen LogP contribution is -2.62. The zero-order chi connectivity index (χ0) is 20.3. The number of esters is 1. The molecular formula is C23H34O5. The molecule has 2 aliphatic heterocycles. The van der Waals surface area contributed by atoms with Gasteiger partial charge in [-0.25, -0.2) is 4.79 Å². The molecule has 4 aliphatic rings. The second-order valence-corrected chi connectivity index (χ2v) is 10.2. The van der Waals surface area contributed by atoms with E-state index in [0.717, 1.165) is 38.7 Å². The van der Waals surface area contributed by atoms with E-state index in [1.165, 1.54) is 5.57 Å². The minimum Gasteiger partial charge on any atom is -0.459 e. The number of rotatable bonds is 2. The Kier molecular flexibility index (Phi) is 4.80. The van der Waals surface area contributed by atoms with Crippen molar-refractivity contribution in [3.05, 3.63) is 23.8 Å². The molecule has 0 aromatic heterocycles. The van der Waals surface area contributed by atoms with Crippen molar-refractivity contribution < 1.29 is 24.1 Å². The Morgan fingerprint density at radius 1 is 1.21 bits per heavy atom. The van der Waals surface area contributed by atoms with Crippen LogP contribution in [0.5, 0.6) is 0 Å². The number of aliphatic hydroxyl groups is 1. The fourth-order valence-electron chi connectivity index (χ4n) is 6.43. The molecule has 0 radical (unpaired) electrons. The van der Waals surface area contributed by atoms with Gasteiger partial charge in [-0.15, -0.1) is 0 Å². The van der Waals surface area contributed by atoms with Crippen molar-refractivity contribution >= 4 is 5.97 Å². The molecule has 156 valence electrons. The molecule has 0 bridgehead atoms. The fraction of sp³-hybridized carbons (Fsp3) is 0.783. The first kappa shape index (κ1) is 20.1. The summed E-state index contributed by atoms with van der Waals surface area (Å²) in [5.74, 6) is -0.141. The molecular weight excluding hydrogens is 356 g/mol. The van der Waals surface area contributed by atoms with Crippen molar-refractivity contribution in [3.8, 4) is 0 Å². The number of aliphatic hydroxyl groups excluding tert-OH is 1. The largest absolute Gasteiger partial charge is 0.459 e. The van der Waals surface area contributed by atoms with E-state index >= 15 is 0 Å². The topological polar surface area (TPSA) is 65.0 Å². The van der Waals surface area contributed by atoms with Gasteiger partial charge in [-0.1, -0.05) is 32.1 Å². The summed E-state index contributed by atoms with van der Waals surface area (Å²) in [7, 11) is 0. The van der Waals surface area contributed by atoms with Crippen LogP contribution in [0.15, 0.2) is 23.8 Å². The second kappa shape index (κ2) is 6.68. The van der Waals surface area contributed by atoms with E-state index in [4.69, 9.17) is 14.2 Å². The van der Waals surface area contributed by atoms with Crippen LogP contribution in [0.25, 0.3) is 0 Å². The molecule has 6 atom stereocenters. The van der Waals surface area contributed by atoms with Gasteiger partial charge in [0.1, 0.15) is 12.7 Å². The number of carbonyl (C=O) groups is 1. The monoisotopic (exact) mass is 390 g/mol. The highest BCUT2D eigenvalue weighted by atomic mass is 16.7. The van der Waals surface area contributed by atoms with E-state index in [2.05, 4.69) is 20.4 Å². The van der Waals surface area contributed by atoms with E-state index in [9.17, 15) is 9.90 Å². The van der Waals surface area contributed by atoms with Crippen LogP contribution in [0.3, 0.4) is 0 Å². The van der Waals surface area contributed by atoms with Gasteiger partial charge in [0, 0.05) is 5.41 Å². The third kappa shape index (κ3) is 3.06. The molecule has 4 rings (SSSR count). The van der Waals surface area contributed by atoms with Gasteiger partial charge in [0.2, 0.25) is 0 Å². The summed E-state index contributed by atoms with van der Waals surface area (Å²) in [4.78, 5) is 11.9. The maximum absolute atomic E-state index is 11.9. The van der Waals surface area contributed by atoms with Crippen LogP contribution in [0.4, 0.5) is 0 Å². The SMILES string of the molecule is C=C1CCC2[C@]3(C)COC(C)(C)OC3CC[C@]2(C)[C@H]1C/C=C1/C(=O)OCC1O. The van der Waals surface area contributed by atoms with E-state index in [0.29, 0.717) is 11.5 Å². The van der Waals surface area contributed by atoms with Crippen LogP contribution >= 0.6 is 0 Å². The van der Waals surface area contributed by atoms with Crippen LogP contribution in [0.2, 0.25) is 0 Å². The Balaban J connectivity index is 1.61. The van der Waals surface area contributed by atoms with Crippen molar-refractivity contribution in [2.45, 2.75) is 77.8 Å². The van der Waals surface area contributed by atoms with Gasteiger partial charge in [0.15, 0.2) is 5.79 Å². The van der Waals surface area contributed by atoms with Crippen molar-refractivity contribution in [2.24, 2.45) is 22.7 Å². The van der Waals surface area contributed by atoms with Crippen LogP contribution in [-0.2, 0) is 19.0 Å². The minimum absolute atomic E-state index is 0.0135. The van der Waals surface area contributed by atoms with E-state index in [1.807, 2.05) is 19.9 Å². The molecule has 0 spiro atoms. The summed E-state index contributed by atoms with van der Waals surface area (Å²) in [6, 6.07) is 0. The smallest absolute Gasteiger partial charge is 0.336 e. The standard InChI is InChI=1S/C23H34O5/c1-14-6-9-18-22(4,16(14)8-7-15-17(24)12-26-20(15)25)11-10-19-23(18,5)13-27-21(2,3)28-19/h7,16-19,24H,1,6,8-13H2,2-5H3/b15-7+/t16-,17?,18?,19?,22+,23-/m0/s1. The third-order valence-corrected chi connectivity index (χ3v) is 8.01. The average molecular weight is 391 g/mol. The second-order valence-electron chi connectivity index (χ2n) is 10.2. The van der Waals surface area contributed by atoms with Crippen LogP contribution in [0.1, 0.15) is 59.8 Å². The van der Waals surface area contributed by atoms with E-state index in [-0.39, 0.29) is 35.4 Å². The lowest BCUT2D eigenvalue weighted by atomic mass is 9.46. The van der Waals surface area contributed by atoms with Crippen LogP contribution in [0, 0.1) is 22.7 Å². The van der Waals surface area contributed by atoms with Crippen molar-refractivity contribution in [2.75, 3.05) is 13.2 Å². The molecule has 2 aliphatic carbocycles. The molecule has 1 N–H and O–H groups in total. The zero-order valence-electron chi connectivity index (χ0n) is 17.6. The first-order valence-electron chi connectivity index (χ1n) is 10.6. The Bertz CT molecular complexity index is 710. The molecule has 5 nitrogen and oxygen atoms in total. The summed E-state index contributed by atoms with van der Waals surface area (Å²) >= 11 is 0. The molecule has 2 heterocycles. The lowest BCUT2D eigenvalue weighted by Gasteiger charge is -2.63. The summed E-state index contributed by atoms with van der Waals surface area (Å²) < 4.78 is 17.4. The highest BCUT2D eigenvalue weighted by Gasteiger charge is 2.60. The Labute approximate surface area is 168 Å². The van der Waals surface area contributed by atoms with Gasteiger partial charge in [-0.3, -0.25) is 0 Å². The van der Waals surface area contributed by atoms with E-state index in [1.54, 1.807) is 0 Å². The zero-order valence-corrected chi connectivity index (χ0v) is 17.6. The minimum atomic E-state index is -0.802. The quantitative estimate of drug-likeness (QED) is 0.442. The number of hydrogen-bond donors (Lipinski definition) is 1. The summed E-state index contributed by atoms with van der Waals surface area (Å²) in [5.41, 5.74) is 1.74. The Morgan fingerprint density at radius 2 is 1.96 bits per heavy atom. The van der Waals surface area contributed by atoms with Gasteiger partial charge >= 0.3 is 5.97 Å². The predicted molar refractivity (Wildman–Crippen MR) is 105 cm³/mol. The van der Waals surface area contributed by atoms with Crippen LogP contribution < -0.4 is 0 Å². The van der Waals surface area contributed by atoms with Gasteiger partial charge in [0.25, 0.3) is 0 Å². The highest BCUT2D eigenvalue weighted by molar-refractivity contribution is 5.91. The van der Waals surface area contributed by atoms with Gasteiger partial charge < -0.3 is 19.3 Å². The van der Waals surface area contributed by atoms with Crippen molar-refractivity contribution in [1.29, 1.82) is 0 Å². The first-order valence-corrected chi connectivity index (χ1v) is 10.6. The normalized spacial score (nSPS) is 46.8. The molecule has 2 saturated carbocycles. The van der Waals surface area contributed by atoms with Crippen molar-refractivity contribution in [3.63, 3.8) is 0 Å². The maximum Gasteiger partial charge on any atom is 0.336 e. The maximum atomic E-state index is 11.9. The Morgan fingerprint density at radius 3 is 2.64 bits per heavy atom. The third-order valence-electron chi connectivity index (χ3n) is 8.01. The van der Waals surface area contributed by atoms with Gasteiger partial charge in [-0.2, -0.15) is 0 Å². The fourth-order valence-corrected chi connectivity index (χ4v) is 6.43. The molecule has 0 amide bonds. The number of fused-ring (bicyclic) bond motifs is 3. The lowest BCUT2D eigenvalue weighted by molar-refractivity contribution is -0.344. The number of carbonyl (C=O) groups excluding carboxylic acids is 1. The molecule has 2 saturated heterocycles. The molecule has 4 fully saturated rings. The molecule has 28 heavy (non-hydrogen) atoms. The molecule has 0 aromatic carbocycles. The number of allylic oxidation sites excluding steroid dienone is 2. The average Bonchev–Trinajstić information content (AvgIpc) is 2.93. The summed E-state index contributed by atoms with van der Waals surface area (Å²) in [6.07, 6.45) is 6.22. The van der Waals surface area contributed by atoms with Crippen molar-refractivity contribution in [1.82, 2.24) is 0 Å². The number of ether oxygens (including phenoxy) is 3. The molecule has 0 aromatic rings. The predicted octanol–water partition coefficient (Wildman–Crippen LogP) is 3.76. The first-order chi connectivity index (χ1) is 13.1. The Hall–Kier alpha value is -1.17. The summed E-state index contributed by atoms with van der Waals surface area (Å²) in [6.45, 7) is 13.9. The van der Waals surface area contributed by atoms with Crippen LogP contribution in [-0.4, -0.2) is 42.3 Å². The van der Waals surface area contributed by atoms with Gasteiger partial charge in [0.05, 0.1) is 18.3 Å². The highest BCUT2D eigenvalue weighted by Crippen LogP contribution is 2.63. The molecule has 5 heteroatoms. The van der Waals surface area contributed by atoms with Gasteiger partial charge in [-0.05, 0) is 63.2 Å². The summed E-state index contributed by atoms with van der Waals surface area (Å²) in [5, 5.41) is 10.0. The number of hydrogen-bond acceptors (Lipinski definition) is 5. The van der Waals surface area contributed by atoms with E-state index < -0.39 is 11.9 Å². The molecule has 3 unspecified atom stereocenters. The number of cyclic esters (lactones) is 1.